The fourth-order valence-electron chi connectivity index (χ4n) is 3.63. The first-order valence-corrected chi connectivity index (χ1v) is 13.1. The number of nitrogens with zero attached hydrogens (tertiary/aromatic N) is 6. The third kappa shape index (κ3) is 8.36. The molecule has 0 aliphatic carbocycles. The second-order valence-corrected chi connectivity index (χ2v) is 9.39. The summed E-state index contributed by atoms with van der Waals surface area (Å²) in [5.41, 5.74) is 1.85. The van der Waals surface area contributed by atoms with Gasteiger partial charge in [-0.25, -0.2) is 4.98 Å². The molecule has 2 aromatic heterocycles. The second-order valence-electron chi connectivity index (χ2n) is 9.39. The molecule has 2 aromatic carbocycles. The minimum Gasteiger partial charge on any atom is -0.354 e. The Balaban J connectivity index is 1.42. The van der Waals surface area contributed by atoms with Crippen LogP contribution >= 0.6 is 0 Å². The zero-order chi connectivity index (χ0) is 26.7. The molecule has 0 saturated heterocycles. The normalized spacial score (nSPS) is 12.4. The molecule has 0 aliphatic heterocycles. The minimum absolute atomic E-state index is 0.0759. The van der Waals surface area contributed by atoms with Crippen LogP contribution in [0.2, 0.25) is 0 Å². The van der Waals surface area contributed by atoms with Crippen LogP contribution in [0.1, 0.15) is 45.3 Å². The monoisotopic (exact) mass is 512 g/mol. The molecule has 4 aromatic rings. The van der Waals surface area contributed by atoms with Crippen molar-refractivity contribution in [3.63, 3.8) is 0 Å². The number of hydrogen-bond donors (Lipinski definition) is 4. The van der Waals surface area contributed by atoms with Crippen molar-refractivity contribution in [1.82, 2.24) is 29.9 Å². The van der Waals surface area contributed by atoms with Crippen molar-refractivity contribution in [2.24, 2.45) is 5.92 Å². The Morgan fingerprint density at radius 1 is 0.684 bits per heavy atom. The first-order valence-electron chi connectivity index (χ1n) is 13.1. The summed E-state index contributed by atoms with van der Waals surface area (Å²) in [4.78, 5) is 27.4. The van der Waals surface area contributed by atoms with Crippen LogP contribution in [0.3, 0.4) is 0 Å². The largest absolute Gasteiger partial charge is 0.354 e. The van der Waals surface area contributed by atoms with Crippen LogP contribution in [0.5, 0.6) is 0 Å². The first kappa shape index (κ1) is 26.7. The highest BCUT2D eigenvalue weighted by Gasteiger charge is 2.12. The van der Waals surface area contributed by atoms with Crippen molar-refractivity contribution < 1.29 is 0 Å². The van der Waals surface area contributed by atoms with Crippen molar-refractivity contribution in [3.05, 3.63) is 72.3 Å². The maximum absolute atomic E-state index is 4.62. The second kappa shape index (κ2) is 13.3. The molecule has 10 heteroatoms. The van der Waals surface area contributed by atoms with Gasteiger partial charge in [-0.3, -0.25) is 0 Å². The molecule has 0 amide bonds. The van der Waals surface area contributed by atoms with Gasteiger partial charge in [-0.15, -0.1) is 0 Å². The number of aryl methyl sites for hydroxylation is 2. The van der Waals surface area contributed by atoms with Crippen LogP contribution in [0.15, 0.2) is 60.7 Å². The summed E-state index contributed by atoms with van der Waals surface area (Å²) in [6, 6.07) is 19.8. The standard InChI is InChI=1S/C28H36N10/c1-5-19(2)18-29-25-36-26(38-28(37-25)34-23-14-10-7-11-15-23)30-20(3)16-17-24-31-21(4)32-27(35-24)33-22-12-8-6-9-13-22/h6-15,19-20H,5,16-18H2,1-4H3,(H,31,32,33,35)(H3,29,30,34,36,37,38). The van der Waals surface area contributed by atoms with E-state index in [9.17, 15) is 0 Å². The van der Waals surface area contributed by atoms with Gasteiger partial charge in [0.1, 0.15) is 11.6 Å². The predicted octanol–water partition coefficient (Wildman–Crippen LogP) is 5.74. The third-order valence-corrected chi connectivity index (χ3v) is 5.97. The van der Waals surface area contributed by atoms with E-state index in [-0.39, 0.29) is 6.04 Å². The fourth-order valence-corrected chi connectivity index (χ4v) is 3.63. The maximum Gasteiger partial charge on any atom is 0.233 e. The van der Waals surface area contributed by atoms with Gasteiger partial charge in [0.15, 0.2) is 0 Å². The molecule has 0 bridgehead atoms. The molecule has 0 fully saturated rings. The third-order valence-electron chi connectivity index (χ3n) is 5.97. The van der Waals surface area contributed by atoms with Crippen LogP contribution < -0.4 is 21.3 Å². The average molecular weight is 513 g/mol. The van der Waals surface area contributed by atoms with Gasteiger partial charge in [-0.1, -0.05) is 56.7 Å². The van der Waals surface area contributed by atoms with Crippen LogP contribution in [0.4, 0.5) is 35.2 Å². The molecule has 2 atom stereocenters. The SMILES string of the molecule is CCC(C)CNc1nc(Nc2ccccc2)nc(NC(C)CCc2nc(C)nc(Nc3ccccc3)n2)n1. The van der Waals surface area contributed by atoms with Crippen molar-refractivity contribution in [1.29, 1.82) is 0 Å². The Bertz CT molecular complexity index is 1280. The van der Waals surface area contributed by atoms with Gasteiger partial charge >= 0.3 is 0 Å². The molecule has 38 heavy (non-hydrogen) atoms. The van der Waals surface area contributed by atoms with Gasteiger partial charge in [0, 0.05) is 30.4 Å². The summed E-state index contributed by atoms with van der Waals surface area (Å²) in [5, 5.41) is 13.3. The minimum atomic E-state index is 0.0759. The van der Waals surface area contributed by atoms with Crippen LogP contribution in [0, 0.1) is 12.8 Å². The van der Waals surface area contributed by atoms with E-state index >= 15 is 0 Å². The van der Waals surface area contributed by atoms with Gasteiger partial charge < -0.3 is 21.3 Å². The van der Waals surface area contributed by atoms with E-state index in [0.717, 1.165) is 36.6 Å². The molecule has 0 aliphatic rings. The van der Waals surface area contributed by atoms with E-state index in [1.54, 1.807) is 0 Å². The average Bonchev–Trinajstić information content (AvgIpc) is 2.91. The quantitative estimate of drug-likeness (QED) is 0.176. The Morgan fingerprint density at radius 3 is 1.89 bits per heavy atom. The van der Waals surface area contributed by atoms with Crippen molar-refractivity contribution in [2.75, 3.05) is 27.8 Å². The van der Waals surface area contributed by atoms with Crippen LogP contribution in [-0.2, 0) is 6.42 Å². The summed E-state index contributed by atoms with van der Waals surface area (Å²) in [6.45, 7) is 9.13. The van der Waals surface area contributed by atoms with E-state index in [2.05, 4.69) is 71.9 Å². The summed E-state index contributed by atoms with van der Waals surface area (Å²) in [5.74, 6) is 4.01. The summed E-state index contributed by atoms with van der Waals surface area (Å²) in [6.07, 6.45) is 2.55. The molecule has 0 radical (unpaired) electrons. The molecule has 2 unspecified atom stereocenters. The van der Waals surface area contributed by atoms with Crippen LogP contribution in [0.25, 0.3) is 0 Å². The lowest BCUT2D eigenvalue weighted by Crippen LogP contribution is -2.21. The Morgan fingerprint density at radius 2 is 1.26 bits per heavy atom. The van der Waals surface area contributed by atoms with Gasteiger partial charge in [0.2, 0.25) is 23.8 Å². The lowest BCUT2D eigenvalue weighted by atomic mass is 10.1. The smallest absolute Gasteiger partial charge is 0.233 e. The van der Waals surface area contributed by atoms with Gasteiger partial charge in [-0.05, 0) is 50.5 Å². The van der Waals surface area contributed by atoms with Crippen molar-refractivity contribution >= 4 is 35.2 Å². The molecule has 4 N–H and O–H groups in total. The molecule has 10 nitrogen and oxygen atoms in total. The van der Waals surface area contributed by atoms with E-state index < -0.39 is 0 Å². The number of nitrogens with one attached hydrogen (secondary N) is 4. The predicted molar refractivity (Wildman–Crippen MR) is 153 cm³/mol. The number of benzene rings is 2. The Kier molecular flexibility index (Phi) is 9.33. The van der Waals surface area contributed by atoms with E-state index in [4.69, 9.17) is 0 Å². The number of hydrogen-bond acceptors (Lipinski definition) is 10. The lowest BCUT2D eigenvalue weighted by Gasteiger charge is -2.16. The highest BCUT2D eigenvalue weighted by Crippen LogP contribution is 2.18. The molecule has 0 spiro atoms. The van der Waals surface area contributed by atoms with Crippen molar-refractivity contribution in [3.8, 4) is 0 Å². The van der Waals surface area contributed by atoms with Gasteiger partial charge in [0.05, 0.1) is 0 Å². The first-order chi connectivity index (χ1) is 18.5. The van der Waals surface area contributed by atoms with E-state index in [1.165, 1.54) is 0 Å². The molecule has 198 valence electrons. The Labute approximate surface area is 224 Å². The molecule has 0 saturated carbocycles. The molecular formula is C28H36N10. The highest BCUT2D eigenvalue weighted by atomic mass is 15.3. The highest BCUT2D eigenvalue weighted by molar-refractivity contribution is 5.55. The van der Waals surface area contributed by atoms with Crippen molar-refractivity contribution in [2.45, 2.75) is 53.0 Å². The van der Waals surface area contributed by atoms with Gasteiger partial charge in [0.25, 0.3) is 0 Å². The molecule has 4 rings (SSSR count). The van der Waals surface area contributed by atoms with E-state index in [1.807, 2.05) is 67.6 Å². The fraction of sp³-hybridized carbons (Fsp3) is 0.357. The summed E-state index contributed by atoms with van der Waals surface area (Å²) >= 11 is 0. The number of para-hydroxylation sites is 2. The Hall–Kier alpha value is -4.34. The zero-order valence-electron chi connectivity index (χ0n) is 22.4. The maximum atomic E-state index is 4.62. The lowest BCUT2D eigenvalue weighted by molar-refractivity contribution is 0.591. The summed E-state index contributed by atoms with van der Waals surface area (Å²) < 4.78 is 0. The summed E-state index contributed by atoms with van der Waals surface area (Å²) in [7, 11) is 0. The number of aromatic nitrogens is 6. The van der Waals surface area contributed by atoms with Gasteiger partial charge in [-0.2, -0.15) is 24.9 Å². The van der Waals surface area contributed by atoms with Crippen LogP contribution in [-0.4, -0.2) is 42.5 Å². The topological polar surface area (TPSA) is 125 Å². The molecule has 2 heterocycles. The number of rotatable bonds is 13. The molecular weight excluding hydrogens is 476 g/mol. The number of anilines is 6. The van der Waals surface area contributed by atoms with E-state index in [0.29, 0.717) is 42.0 Å². The zero-order valence-corrected chi connectivity index (χ0v) is 22.4.